The smallest absolute Gasteiger partial charge is 0.222 e. The summed E-state index contributed by atoms with van der Waals surface area (Å²) < 4.78 is 6.05. The highest BCUT2D eigenvalue weighted by molar-refractivity contribution is 5.76. The molecule has 6 aliphatic rings. The highest BCUT2D eigenvalue weighted by Crippen LogP contribution is 2.67. The maximum absolute atomic E-state index is 13.4. The van der Waals surface area contributed by atoms with Crippen molar-refractivity contribution in [1.82, 2.24) is 14.9 Å². The number of hydrogen-bond donors (Lipinski definition) is 1. The highest BCUT2D eigenvalue weighted by Gasteiger charge is 2.59. The summed E-state index contributed by atoms with van der Waals surface area (Å²) in [7, 11) is 0. The third-order valence-corrected chi connectivity index (χ3v) is 13.1. The molecule has 2 heterocycles. The SMILES string of the molecule is C[C@H](CCC(=O)N1CCN(c2ncncc2OC2CC2)CC1)[C@H]1CC[C@H]2[C@@H]3CC=C4C[C@@H](O)CC[C@]4(C)[C@H]3CC[C@]12C. The molecule has 8 atom stereocenters. The second kappa shape index (κ2) is 11.1. The van der Waals surface area contributed by atoms with E-state index in [9.17, 15) is 9.90 Å². The van der Waals surface area contributed by atoms with Crippen LogP contribution in [0.15, 0.2) is 24.2 Å². The Labute approximate surface area is 252 Å². The molecule has 5 fully saturated rings. The van der Waals surface area contributed by atoms with Crippen LogP contribution < -0.4 is 9.64 Å². The number of allylic oxidation sites excluding steroid dienone is 1. The monoisotopic (exact) mass is 576 g/mol. The molecule has 1 aromatic rings. The van der Waals surface area contributed by atoms with Crippen LogP contribution in [0.25, 0.3) is 0 Å². The zero-order valence-corrected chi connectivity index (χ0v) is 26.1. The zero-order chi connectivity index (χ0) is 29.1. The van der Waals surface area contributed by atoms with Crippen LogP contribution in [-0.2, 0) is 4.79 Å². The van der Waals surface area contributed by atoms with Gasteiger partial charge >= 0.3 is 0 Å². The van der Waals surface area contributed by atoms with Crippen LogP contribution in [0.4, 0.5) is 5.82 Å². The van der Waals surface area contributed by atoms with Crippen molar-refractivity contribution in [3.8, 4) is 5.75 Å². The van der Waals surface area contributed by atoms with Gasteiger partial charge in [-0.25, -0.2) is 9.97 Å². The van der Waals surface area contributed by atoms with Gasteiger partial charge in [0.1, 0.15) is 6.33 Å². The largest absolute Gasteiger partial charge is 0.485 e. The van der Waals surface area contributed by atoms with Crippen molar-refractivity contribution in [1.29, 1.82) is 0 Å². The molecule has 230 valence electrons. The molecule has 0 unspecified atom stereocenters. The van der Waals surface area contributed by atoms with Gasteiger partial charge in [0.2, 0.25) is 5.91 Å². The zero-order valence-electron chi connectivity index (χ0n) is 26.1. The average Bonchev–Trinajstić information content (AvgIpc) is 3.74. The lowest BCUT2D eigenvalue weighted by Crippen LogP contribution is -2.51. The number of aromatic nitrogens is 2. The van der Waals surface area contributed by atoms with Crippen LogP contribution in [-0.4, -0.2) is 64.3 Å². The molecular weight excluding hydrogens is 524 g/mol. The predicted octanol–water partition coefficient (Wildman–Crippen LogP) is 6.02. The minimum Gasteiger partial charge on any atom is -0.485 e. The van der Waals surface area contributed by atoms with Gasteiger partial charge in [-0.1, -0.05) is 32.4 Å². The van der Waals surface area contributed by atoms with Gasteiger partial charge < -0.3 is 19.6 Å². The number of ether oxygens (including phenoxy) is 1. The number of rotatable bonds is 7. The summed E-state index contributed by atoms with van der Waals surface area (Å²) in [4.78, 5) is 26.4. The molecule has 1 amide bonds. The molecule has 0 radical (unpaired) electrons. The number of anilines is 1. The van der Waals surface area contributed by atoms with Gasteiger partial charge in [0.15, 0.2) is 11.6 Å². The Kier molecular flexibility index (Phi) is 7.55. The van der Waals surface area contributed by atoms with Crippen LogP contribution >= 0.6 is 0 Å². The lowest BCUT2D eigenvalue weighted by atomic mass is 9.47. The lowest BCUT2D eigenvalue weighted by molar-refractivity contribution is -0.132. The van der Waals surface area contributed by atoms with E-state index in [1.807, 2.05) is 0 Å². The van der Waals surface area contributed by atoms with E-state index in [1.54, 1.807) is 18.1 Å². The van der Waals surface area contributed by atoms with Crippen LogP contribution in [0.1, 0.15) is 97.8 Å². The van der Waals surface area contributed by atoms with E-state index in [0.717, 1.165) is 99.9 Å². The first kappa shape index (κ1) is 28.6. The first-order chi connectivity index (χ1) is 20.3. The molecule has 1 aromatic heterocycles. The Balaban J connectivity index is 0.931. The molecule has 1 saturated heterocycles. The minimum absolute atomic E-state index is 0.129. The van der Waals surface area contributed by atoms with E-state index in [-0.39, 0.29) is 6.10 Å². The van der Waals surface area contributed by atoms with E-state index >= 15 is 0 Å². The van der Waals surface area contributed by atoms with E-state index in [2.05, 4.69) is 46.6 Å². The van der Waals surface area contributed by atoms with E-state index in [0.29, 0.717) is 35.2 Å². The van der Waals surface area contributed by atoms with Crippen molar-refractivity contribution < 1.29 is 14.6 Å². The summed E-state index contributed by atoms with van der Waals surface area (Å²) in [6.45, 7) is 10.7. The van der Waals surface area contributed by atoms with Gasteiger partial charge in [-0.3, -0.25) is 4.79 Å². The molecule has 4 saturated carbocycles. The normalized spacial score (nSPS) is 38.7. The van der Waals surface area contributed by atoms with Crippen LogP contribution in [0.3, 0.4) is 0 Å². The van der Waals surface area contributed by atoms with Crippen molar-refractivity contribution in [2.75, 3.05) is 31.1 Å². The van der Waals surface area contributed by atoms with Gasteiger partial charge in [0, 0.05) is 32.6 Å². The standard InChI is InChI=1S/C35H52N4O3/c1-23(4-11-32(41)38-16-18-39(19-17-38)33-31(21-36-22-37-33)42-26-6-7-26)28-9-10-29-27-8-5-24-20-25(40)12-14-34(24,2)30(27)13-15-35(28,29)3/h5,21-23,25-30,40H,4,6-20H2,1-3H3/t23-,25+,27+,28-,29+,30+,34+,35-/m1/s1. The first-order valence-corrected chi connectivity index (χ1v) is 17.1. The fraction of sp³-hybridized carbons (Fsp3) is 0.800. The summed E-state index contributed by atoms with van der Waals surface area (Å²) in [6, 6.07) is 0. The number of amides is 1. The Bertz CT molecular complexity index is 1190. The van der Waals surface area contributed by atoms with Gasteiger partial charge in [0.05, 0.1) is 18.4 Å². The van der Waals surface area contributed by atoms with E-state index in [4.69, 9.17) is 4.74 Å². The molecule has 42 heavy (non-hydrogen) atoms. The molecule has 5 aliphatic carbocycles. The Hall–Kier alpha value is -2.15. The fourth-order valence-electron chi connectivity index (χ4n) is 10.5. The van der Waals surface area contributed by atoms with Gasteiger partial charge in [0.25, 0.3) is 0 Å². The molecule has 7 heteroatoms. The van der Waals surface area contributed by atoms with Crippen molar-refractivity contribution in [3.63, 3.8) is 0 Å². The molecule has 1 N–H and O–H groups in total. The third-order valence-electron chi connectivity index (χ3n) is 13.1. The molecule has 7 nitrogen and oxygen atoms in total. The molecule has 7 rings (SSSR count). The molecular formula is C35H52N4O3. The van der Waals surface area contributed by atoms with Crippen LogP contribution in [0, 0.1) is 40.4 Å². The van der Waals surface area contributed by atoms with Gasteiger partial charge in [-0.05, 0) is 111 Å². The summed E-state index contributed by atoms with van der Waals surface area (Å²) in [5.41, 5.74) is 2.28. The quantitative estimate of drug-likeness (QED) is 0.400. The van der Waals surface area contributed by atoms with E-state index < -0.39 is 0 Å². The van der Waals surface area contributed by atoms with E-state index in [1.165, 1.54) is 32.1 Å². The van der Waals surface area contributed by atoms with Crippen LogP contribution in [0.5, 0.6) is 5.75 Å². The fourth-order valence-corrected chi connectivity index (χ4v) is 10.5. The van der Waals surface area contributed by atoms with Crippen molar-refractivity contribution in [3.05, 3.63) is 24.2 Å². The molecule has 0 aromatic carbocycles. The van der Waals surface area contributed by atoms with Crippen LogP contribution in [0.2, 0.25) is 0 Å². The third kappa shape index (κ3) is 5.05. The number of carbonyl (C=O) groups excluding carboxylic acids is 1. The number of hydrogen-bond acceptors (Lipinski definition) is 6. The number of piperazine rings is 1. The first-order valence-electron chi connectivity index (χ1n) is 17.1. The van der Waals surface area contributed by atoms with Crippen molar-refractivity contribution in [2.24, 2.45) is 40.4 Å². The highest BCUT2D eigenvalue weighted by atomic mass is 16.5. The minimum atomic E-state index is -0.129. The number of carbonyl (C=O) groups is 1. The summed E-state index contributed by atoms with van der Waals surface area (Å²) in [6.07, 6.45) is 19.6. The predicted molar refractivity (Wildman–Crippen MR) is 164 cm³/mol. The maximum atomic E-state index is 13.4. The van der Waals surface area contributed by atoms with Crippen molar-refractivity contribution in [2.45, 2.75) is 110 Å². The second-order valence-electron chi connectivity index (χ2n) is 15.3. The number of aliphatic hydroxyl groups is 1. The maximum Gasteiger partial charge on any atom is 0.222 e. The summed E-state index contributed by atoms with van der Waals surface area (Å²) in [5.74, 6) is 5.67. The number of aliphatic hydroxyl groups excluding tert-OH is 1. The average molecular weight is 577 g/mol. The van der Waals surface area contributed by atoms with Crippen molar-refractivity contribution >= 4 is 11.7 Å². The second-order valence-corrected chi connectivity index (χ2v) is 15.3. The molecule has 0 spiro atoms. The number of fused-ring (bicyclic) bond motifs is 5. The Morgan fingerprint density at radius 3 is 2.67 bits per heavy atom. The summed E-state index contributed by atoms with van der Waals surface area (Å²) >= 11 is 0. The Morgan fingerprint density at radius 2 is 1.88 bits per heavy atom. The molecule has 1 aliphatic heterocycles. The Morgan fingerprint density at radius 1 is 1.07 bits per heavy atom. The van der Waals surface area contributed by atoms with Gasteiger partial charge in [-0.15, -0.1) is 0 Å². The topological polar surface area (TPSA) is 78.8 Å². The molecule has 0 bridgehead atoms. The van der Waals surface area contributed by atoms with Gasteiger partial charge in [-0.2, -0.15) is 0 Å². The number of nitrogens with zero attached hydrogens (tertiary/aromatic N) is 4. The summed E-state index contributed by atoms with van der Waals surface area (Å²) in [5, 5.41) is 10.3. The lowest BCUT2D eigenvalue weighted by Gasteiger charge is -2.58.